The predicted octanol–water partition coefficient (Wildman–Crippen LogP) is 1.31. The summed E-state index contributed by atoms with van der Waals surface area (Å²) in [5.74, 6) is 0.286. The number of rotatable bonds is 4. The Morgan fingerprint density at radius 2 is 2.15 bits per heavy atom. The molecule has 1 amide bonds. The minimum atomic E-state index is -0.453. The molecule has 0 aromatic carbocycles. The fraction of sp³-hybridized carbons (Fsp3) is 0.444. The lowest BCUT2D eigenvalue weighted by Crippen LogP contribution is -2.43. The molecule has 7 nitrogen and oxygen atoms in total. The van der Waals surface area contributed by atoms with E-state index in [0.717, 1.165) is 37.5 Å². The van der Waals surface area contributed by atoms with Gasteiger partial charge in [0.2, 0.25) is 11.9 Å². The van der Waals surface area contributed by atoms with Gasteiger partial charge in [0.1, 0.15) is 6.10 Å². The monoisotopic (exact) mass is 357 g/mol. The van der Waals surface area contributed by atoms with Crippen LogP contribution in [0.1, 0.15) is 18.5 Å². The second-order valence-corrected chi connectivity index (χ2v) is 6.63. The van der Waals surface area contributed by atoms with Gasteiger partial charge >= 0.3 is 0 Å². The zero-order valence-electron chi connectivity index (χ0n) is 14.2. The molecule has 4 rings (SSSR count). The number of pyridine rings is 1. The Labute approximate surface area is 150 Å². The van der Waals surface area contributed by atoms with E-state index in [1.54, 1.807) is 6.20 Å². The van der Waals surface area contributed by atoms with Gasteiger partial charge in [0.05, 0.1) is 30.7 Å². The molecule has 136 valence electrons. The molecule has 0 saturated carbocycles. The van der Waals surface area contributed by atoms with Crippen LogP contribution >= 0.6 is 0 Å². The molecule has 0 spiro atoms. The summed E-state index contributed by atoms with van der Waals surface area (Å²) in [6, 6.07) is 5.60. The number of carbonyl (C=O) groups excluding carboxylic acids is 1. The molecule has 26 heavy (non-hydrogen) atoms. The van der Waals surface area contributed by atoms with Crippen LogP contribution in [0.3, 0.4) is 0 Å². The zero-order valence-corrected chi connectivity index (χ0v) is 14.2. The lowest BCUT2D eigenvalue weighted by atomic mass is 9.92. The standard InChI is InChI=1S/C18H20FN5O2/c19-13-8-22-18(23-9-13)24-6-4-12-7-15(26-16(12)11-24)17(25)21-10-14-3-1-2-5-20-14/h1-3,5,8-9,12,15-16H,4,6-7,10-11H2,(H,21,25)/t12-,15-,16+/m0/s1. The van der Waals surface area contributed by atoms with E-state index >= 15 is 0 Å². The van der Waals surface area contributed by atoms with Crippen molar-refractivity contribution in [2.45, 2.75) is 31.6 Å². The Kier molecular flexibility index (Phi) is 4.75. The third-order valence-corrected chi connectivity index (χ3v) is 4.90. The van der Waals surface area contributed by atoms with Crippen molar-refractivity contribution in [2.24, 2.45) is 5.92 Å². The van der Waals surface area contributed by atoms with E-state index in [9.17, 15) is 9.18 Å². The molecule has 8 heteroatoms. The molecule has 3 atom stereocenters. The van der Waals surface area contributed by atoms with E-state index in [1.807, 2.05) is 23.1 Å². The summed E-state index contributed by atoms with van der Waals surface area (Å²) < 4.78 is 19.0. The highest BCUT2D eigenvalue weighted by Gasteiger charge is 2.42. The van der Waals surface area contributed by atoms with Gasteiger partial charge < -0.3 is 15.0 Å². The summed E-state index contributed by atoms with van der Waals surface area (Å²) in [5, 5.41) is 2.89. The summed E-state index contributed by atoms with van der Waals surface area (Å²) in [6.07, 6.45) is 5.17. The Bertz CT molecular complexity index is 758. The molecule has 1 N–H and O–H groups in total. The van der Waals surface area contributed by atoms with Crippen LogP contribution < -0.4 is 10.2 Å². The highest BCUT2D eigenvalue weighted by atomic mass is 19.1. The molecule has 0 aliphatic carbocycles. The molecule has 0 radical (unpaired) electrons. The van der Waals surface area contributed by atoms with E-state index in [1.165, 1.54) is 0 Å². The molecule has 2 aromatic heterocycles. The molecule has 2 aliphatic heterocycles. The van der Waals surface area contributed by atoms with Crippen LogP contribution in [-0.4, -0.2) is 46.2 Å². The van der Waals surface area contributed by atoms with Crippen LogP contribution in [0.4, 0.5) is 10.3 Å². The summed E-state index contributed by atoms with van der Waals surface area (Å²) in [7, 11) is 0. The van der Waals surface area contributed by atoms with Gasteiger partial charge in [-0.2, -0.15) is 0 Å². The van der Waals surface area contributed by atoms with Crippen LogP contribution in [0.25, 0.3) is 0 Å². The summed E-state index contributed by atoms with van der Waals surface area (Å²) in [5.41, 5.74) is 0.816. The fourth-order valence-corrected chi connectivity index (χ4v) is 3.54. The van der Waals surface area contributed by atoms with Crippen molar-refractivity contribution in [3.05, 3.63) is 48.3 Å². The van der Waals surface area contributed by atoms with Crippen LogP contribution in [0.2, 0.25) is 0 Å². The van der Waals surface area contributed by atoms with Crippen molar-refractivity contribution < 1.29 is 13.9 Å². The SMILES string of the molecule is O=C(NCc1ccccn1)[C@@H]1C[C@@H]2CCN(c3ncc(F)cn3)C[C@H]2O1. The molecule has 2 saturated heterocycles. The minimum absolute atomic E-state index is 0.0389. The van der Waals surface area contributed by atoms with Gasteiger partial charge in [-0.1, -0.05) is 6.07 Å². The van der Waals surface area contributed by atoms with Crippen molar-refractivity contribution >= 4 is 11.9 Å². The first kappa shape index (κ1) is 16.8. The average molecular weight is 357 g/mol. The Morgan fingerprint density at radius 1 is 1.31 bits per heavy atom. The number of hydrogen-bond acceptors (Lipinski definition) is 6. The van der Waals surface area contributed by atoms with E-state index in [4.69, 9.17) is 4.74 Å². The Morgan fingerprint density at radius 3 is 2.92 bits per heavy atom. The van der Waals surface area contributed by atoms with Crippen molar-refractivity contribution in [1.82, 2.24) is 20.3 Å². The number of amides is 1. The molecule has 2 aliphatic rings. The molecule has 4 heterocycles. The van der Waals surface area contributed by atoms with Gasteiger partial charge in [0.15, 0.2) is 5.82 Å². The van der Waals surface area contributed by atoms with Crippen molar-refractivity contribution in [3.8, 4) is 0 Å². The first-order valence-corrected chi connectivity index (χ1v) is 8.74. The number of nitrogens with one attached hydrogen (secondary N) is 1. The van der Waals surface area contributed by atoms with Crippen LogP contribution in [-0.2, 0) is 16.1 Å². The lowest BCUT2D eigenvalue weighted by molar-refractivity contribution is -0.132. The number of aromatic nitrogens is 3. The highest BCUT2D eigenvalue weighted by Crippen LogP contribution is 2.34. The first-order valence-electron chi connectivity index (χ1n) is 8.74. The number of nitrogens with zero attached hydrogens (tertiary/aromatic N) is 4. The summed E-state index contributed by atoms with van der Waals surface area (Å²) >= 11 is 0. The van der Waals surface area contributed by atoms with Crippen LogP contribution in [0, 0.1) is 11.7 Å². The highest BCUT2D eigenvalue weighted by molar-refractivity contribution is 5.81. The molecule has 0 bridgehead atoms. The first-order chi connectivity index (χ1) is 12.7. The number of fused-ring (bicyclic) bond motifs is 1. The van der Waals surface area contributed by atoms with Gasteiger partial charge in [-0.15, -0.1) is 0 Å². The van der Waals surface area contributed by atoms with Gasteiger partial charge in [-0.25, -0.2) is 14.4 Å². The van der Waals surface area contributed by atoms with Gasteiger partial charge in [-0.05, 0) is 30.9 Å². The van der Waals surface area contributed by atoms with E-state index < -0.39 is 11.9 Å². The molecule has 2 aromatic rings. The second kappa shape index (κ2) is 7.33. The summed E-state index contributed by atoms with van der Waals surface area (Å²) in [6.45, 7) is 1.78. The zero-order chi connectivity index (χ0) is 17.9. The molecule has 0 unspecified atom stereocenters. The molecular weight excluding hydrogens is 337 g/mol. The molecule has 2 fully saturated rings. The van der Waals surface area contributed by atoms with E-state index in [-0.39, 0.29) is 12.0 Å². The minimum Gasteiger partial charge on any atom is -0.363 e. The number of ether oxygens (including phenoxy) is 1. The average Bonchev–Trinajstić information content (AvgIpc) is 3.11. The van der Waals surface area contributed by atoms with Crippen LogP contribution in [0.15, 0.2) is 36.8 Å². The van der Waals surface area contributed by atoms with Gasteiger partial charge in [0, 0.05) is 19.3 Å². The number of hydrogen-bond donors (Lipinski definition) is 1. The maximum absolute atomic E-state index is 13.0. The number of halogens is 1. The predicted molar refractivity (Wildman–Crippen MR) is 91.7 cm³/mol. The maximum Gasteiger partial charge on any atom is 0.249 e. The van der Waals surface area contributed by atoms with Crippen LogP contribution in [0.5, 0.6) is 0 Å². The number of piperidine rings is 1. The quantitative estimate of drug-likeness (QED) is 0.889. The Balaban J connectivity index is 1.32. The normalized spacial score (nSPS) is 25.0. The second-order valence-electron chi connectivity index (χ2n) is 6.63. The van der Waals surface area contributed by atoms with E-state index in [2.05, 4.69) is 20.3 Å². The third-order valence-electron chi connectivity index (χ3n) is 4.90. The smallest absolute Gasteiger partial charge is 0.249 e. The topological polar surface area (TPSA) is 80.2 Å². The van der Waals surface area contributed by atoms with Crippen molar-refractivity contribution in [1.29, 1.82) is 0 Å². The van der Waals surface area contributed by atoms with Crippen molar-refractivity contribution in [2.75, 3.05) is 18.0 Å². The third kappa shape index (κ3) is 3.65. The van der Waals surface area contributed by atoms with Gasteiger partial charge in [-0.3, -0.25) is 9.78 Å². The fourth-order valence-electron chi connectivity index (χ4n) is 3.54. The largest absolute Gasteiger partial charge is 0.363 e. The van der Waals surface area contributed by atoms with Crippen molar-refractivity contribution in [3.63, 3.8) is 0 Å². The maximum atomic E-state index is 13.0. The van der Waals surface area contributed by atoms with E-state index in [0.29, 0.717) is 25.0 Å². The van der Waals surface area contributed by atoms with Gasteiger partial charge in [0.25, 0.3) is 0 Å². The number of anilines is 1. The summed E-state index contributed by atoms with van der Waals surface area (Å²) in [4.78, 5) is 26.6. The Hall–Kier alpha value is -2.61. The number of carbonyl (C=O) groups is 1. The molecular formula is C18H20FN5O2. The lowest BCUT2D eigenvalue weighted by Gasteiger charge is -2.33.